The van der Waals surface area contributed by atoms with Gasteiger partial charge >= 0.3 is 5.97 Å². The van der Waals surface area contributed by atoms with Crippen LogP contribution in [0.15, 0.2) is 36.4 Å². The molecule has 1 aliphatic rings. The molecule has 0 radical (unpaired) electrons. The predicted molar refractivity (Wildman–Crippen MR) is 107 cm³/mol. The third-order valence-electron chi connectivity index (χ3n) is 5.07. The van der Waals surface area contributed by atoms with Crippen molar-refractivity contribution in [3.8, 4) is 0 Å². The lowest BCUT2D eigenvalue weighted by molar-refractivity contribution is -0.142. The van der Waals surface area contributed by atoms with Crippen LogP contribution in [-0.2, 0) is 11.3 Å². The van der Waals surface area contributed by atoms with Gasteiger partial charge in [-0.15, -0.1) is 0 Å². The summed E-state index contributed by atoms with van der Waals surface area (Å²) in [5.74, 6) is 0.682. The standard InChI is InChI=1S/C21H28N4O2/c1-15(2)25(14-17-7-5-4-6-8-17)21-22-16(3)13-19(23-21)24-11-9-18(10-12-24)20(26)27/h4-8,13,15,18H,9-12,14H2,1-3H3,(H,26,27). The number of benzene rings is 1. The summed E-state index contributed by atoms with van der Waals surface area (Å²) in [6, 6.07) is 12.6. The summed E-state index contributed by atoms with van der Waals surface area (Å²) in [5, 5.41) is 9.21. The third-order valence-corrected chi connectivity index (χ3v) is 5.07. The number of carboxylic acids is 1. The maximum absolute atomic E-state index is 11.2. The minimum atomic E-state index is -0.692. The average Bonchev–Trinajstić information content (AvgIpc) is 2.66. The monoisotopic (exact) mass is 368 g/mol. The Morgan fingerprint density at radius 2 is 1.89 bits per heavy atom. The molecule has 2 heterocycles. The molecule has 1 fully saturated rings. The van der Waals surface area contributed by atoms with Crippen LogP contribution >= 0.6 is 0 Å². The van der Waals surface area contributed by atoms with Crippen molar-refractivity contribution < 1.29 is 9.90 Å². The van der Waals surface area contributed by atoms with Gasteiger partial charge in [-0.05, 0) is 39.2 Å². The molecule has 144 valence electrons. The molecule has 0 aliphatic carbocycles. The number of aromatic nitrogens is 2. The fourth-order valence-electron chi connectivity index (χ4n) is 3.45. The van der Waals surface area contributed by atoms with Crippen LogP contribution in [0.5, 0.6) is 0 Å². The van der Waals surface area contributed by atoms with E-state index in [1.54, 1.807) is 0 Å². The second kappa shape index (κ2) is 8.37. The Morgan fingerprint density at radius 3 is 2.48 bits per heavy atom. The maximum Gasteiger partial charge on any atom is 0.306 e. The maximum atomic E-state index is 11.2. The number of carbonyl (C=O) groups is 1. The van der Waals surface area contributed by atoms with Crippen LogP contribution in [0.1, 0.15) is 37.9 Å². The van der Waals surface area contributed by atoms with Gasteiger partial charge in [0.1, 0.15) is 5.82 Å². The molecule has 3 rings (SSSR count). The van der Waals surface area contributed by atoms with Crippen molar-refractivity contribution in [2.24, 2.45) is 5.92 Å². The van der Waals surface area contributed by atoms with Crippen LogP contribution in [0.2, 0.25) is 0 Å². The van der Waals surface area contributed by atoms with Gasteiger partial charge in [-0.2, -0.15) is 4.98 Å². The fraction of sp³-hybridized carbons (Fsp3) is 0.476. The highest BCUT2D eigenvalue weighted by Gasteiger charge is 2.26. The lowest BCUT2D eigenvalue weighted by Crippen LogP contribution is -2.37. The normalized spacial score (nSPS) is 15.2. The van der Waals surface area contributed by atoms with Gasteiger partial charge in [-0.25, -0.2) is 4.98 Å². The molecule has 6 heteroatoms. The first-order chi connectivity index (χ1) is 12.9. The molecule has 0 amide bonds. The highest BCUT2D eigenvalue weighted by Crippen LogP contribution is 2.25. The summed E-state index contributed by atoms with van der Waals surface area (Å²) in [5.41, 5.74) is 2.15. The minimum absolute atomic E-state index is 0.242. The van der Waals surface area contributed by atoms with E-state index in [0.29, 0.717) is 25.9 Å². The molecule has 0 spiro atoms. The lowest BCUT2D eigenvalue weighted by atomic mass is 9.97. The molecule has 6 nitrogen and oxygen atoms in total. The Hall–Kier alpha value is -2.63. The van der Waals surface area contributed by atoms with E-state index in [9.17, 15) is 9.90 Å². The molecule has 1 N–H and O–H groups in total. The number of aryl methyl sites for hydroxylation is 1. The summed E-state index contributed by atoms with van der Waals surface area (Å²) < 4.78 is 0. The van der Waals surface area contributed by atoms with Crippen molar-refractivity contribution in [3.63, 3.8) is 0 Å². The third kappa shape index (κ3) is 4.76. The second-order valence-electron chi connectivity index (χ2n) is 7.47. The zero-order valence-electron chi connectivity index (χ0n) is 16.3. The van der Waals surface area contributed by atoms with Crippen LogP contribution in [-0.4, -0.2) is 40.2 Å². The highest BCUT2D eigenvalue weighted by molar-refractivity contribution is 5.70. The molecule has 1 aliphatic heterocycles. The first-order valence-corrected chi connectivity index (χ1v) is 9.58. The van der Waals surface area contributed by atoms with Crippen molar-refractivity contribution in [2.75, 3.05) is 22.9 Å². The summed E-state index contributed by atoms with van der Waals surface area (Å²) >= 11 is 0. The SMILES string of the molecule is Cc1cc(N2CCC(C(=O)O)CC2)nc(N(Cc2ccccc2)C(C)C)n1. The largest absolute Gasteiger partial charge is 0.481 e. The van der Waals surface area contributed by atoms with Crippen molar-refractivity contribution in [1.82, 2.24) is 9.97 Å². The first-order valence-electron chi connectivity index (χ1n) is 9.58. The van der Waals surface area contributed by atoms with E-state index in [2.05, 4.69) is 40.8 Å². The van der Waals surface area contributed by atoms with E-state index < -0.39 is 5.97 Å². The lowest BCUT2D eigenvalue weighted by Gasteiger charge is -2.33. The Kier molecular flexibility index (Phi) is 5.94. The van der Waals surface area contributed by atoms with Crippen molar-refractivity contribution in [2.45, 2.75) is 46.2 Å². The average molecular weight is 368 g/mol. The van der Waals surface area contributed by atoms with Crippen molar-refractivity contribution in [3.05, 3.63) is 47.7 Å². The minimum Gasteiger partial charge on any atom is -0.481 e. The number of nitrogens with zero attached hydrogens (tertiary/aromatic N) is 4. The molecular weight excluding hydrogens is 340 g/mol. The zero-order valence-corrected chi connectivity index (χ0v) is 16.3. The number of hydrogen-bond donors (Lipinski definition) is 1. The van der Waals surface area contributed by atoms with Crippen LogP contribution < -0.4 is 9.80 Å². The van der Waals surface area contributed by atoms with Crippen LogP contribution in [0, 0.1) is 12.8 Å². The van der Waals surface area contributed by atoms with E-state index >= 15 is 0 Å². The molecule has 0 saturated carbocycles. The van der Waals surface area contributed by atoms with E-state index in [-0.39, 0.29) is 12.0 Å². The van der Waals surface area contributed by atoms with Crippen LogP contribution in [0.25, 0.3) is 0 Å². The number of carboxylic acid groups (broad SMARTS) is 1. The topological polar surface area (TPSA) is 69.6 Å². The van der Waals surface area contributed by atoms with Gasteiger partial charge in [0.2, 0.25) is 5.95 Å². The van der Waals surface area contributed by atoms with E-state index in [4.69, 9.17) is 4.98 Å². The zero-order chi connectivity index (χ0) is 19.4. The Balaban J connectivity index is 1.82. The molecule has 0 unspecified atom stereocenters. The van der Waals surface area contributed by atoms with Crippen molar-refractivity contribution in [1.29, 1.82) is 0 Å². The van der Waals surface area contributed by atoms with Crippen molar-refractivity contribution >= 4 is 17.7 Å². The number of aliphatic carboxylic acids is 1. The van der Waals surface area contributed by atoms with E-state index in [1.807, 2.05) is 31.2 Å². The molecule has 1 saturated heterocycles. The molecular formula is C21H28N4O2. The van der Waals surface area contributed by atoms with Gasteiger partial charge in [-0.1, -0.05) is 30.3 Å². The number of anilines is 2. The van der Waals surface area contributed by atoms with Gasteiger partial charge in [-0.3, -0.25) is 4.79 Å². The molecule has 0 atom stereocenters. The number of rotatable bonds is 6. The molecule has 2 aromatic rings. The Bertz CT molecular complexity index is 771. The van der Waals surface area contributed by atoms with Gasteiger partial charge in [0.05, 0.1) is 5.92 Å². The number of hydrogen-bond acceptors (Lipinski definition) is 5. The summed E-state index contributed by atoms with van der Waals surface area (Å²) in [7, 11) is 0. The van der Waals surface area contributed by atoms with Crippen LogP contribution in [0.3, 0.4) is 0 Å². The predicted octanol–water partition coefficient (Wildman–Crippen LogP) is 3.50. The summed E-state index contributed by atoms with van der Waals surface area (Å²) in [4.78, 5) is 25.1. The summed E-state index contributed by atoms with van der Waals surface area (Å²) in [6.07, 6.45) is 1.32. The quantitative estimate of drug-likeness (QED) is 0.842. The smallest absolute Gasteiger partial charge is 0.306 e. The van der Waals surface area contributed by atoms with Gasteiger partial charge in [0.25, 0.3) is 0 Å². The molecule has 1 aromatic heterocycles. The van der Waals surface area contributed by atoms with Crippen LogP contribution in [0.4, 0.5) is 11.8 Å². The second-order valence-corrected chi connectivity index (χ2v) is 7.47. The first kappa shape index (κ1) is 19.1. The highest BCUT2D eigenvalue weighted by atomic mass is 16.4. The fourth-order valence-corrected chi connectivity index (χ4v) is 3.45. The Labute approximate surface area is 160 Å². The number of piperidine rings is 1. The molecule has 27 heavy (non-hydrogen) atoms. The molecule has 1 aromatic carbocycles. The van der Waals surface area contributed by atoms with Gasteiger partial charge in [0, 0.05) is 37.4 Å². The molecule has 0 bridgehead atoms. The Morgan fingerprint density at radius 1 is 1.22 bits per heavy atom. The van der Waals surface area contributed by atoms with Gasteiger partial charge in [0.15, 0.2) is 0 Å². The van der Waals surface area contributed by atoms with E-state index in [1.165, 1.54) is 5.56 Å². The van der Waals surface area contributed by atoms with E-state index in [0.717, 1.165) is 24.0 Å². The summed E-state index contributed by atoms with van der Waals surface area (Å²) in [6.45, 7) is 8.46. The van der Waals surface area contributed by atoms with Gasteiger partial charge < -0.3 is 14.9 Å².